The predicted octanol–water partition coefficient (Wildman–Crippen LogP) is 2.09. The van der Waals surface area contributed by atoms with Crippen LogP contribution in [0, 0.1) is 0 Å². The van der Waals surface area contributed by atoms with Gasteiger partial charge in [-0.05, 0) is 34.0 Å². The molecule has 0 radical (unpaired) electrons. The third-order valence-electron chi connectivity index (χ3n) is 2.35. The molecule has 1 aromatic rings. The van der Waals surface area contributed by atoms with Crippen molar-refractivity contribution < 1.29 is 14.3 Å². The molecule has 4 N–H and O–H groups in total. The van der Waals surface area contributed by atoms with Crippen molar-refractivity contribution >= 4 is 40.1 Å². The maximum absolute atomic E-state index is 12.1. The van der Waals surface area contributed by atoms with E-state index in [1.165, 1.54) is 23.1 Å². The summed E-state index contributed by atoms with van der Waals surface area (Å²) in [6.07, 6.45) is 1.35. The standard InChI is InChI=1S/C13H22N4O3S2/c1-7(6-15-11(19)20-13(2,3)4)16-10(18)8-9(14)22-12(17-8)21-5/h7H,6,14H2,1-5H3,(H,15,19)(H,16,18)/t7-/m0/s1. The van der Waals surface area contributed by atoms with E-state index in [1.807, 2.05) is 6.26 Å². The lowest BCUT2D eigenvalue weighted by atomic mass is 10.2. The van der Waals surface area contributed by atoms with Gasteiger partial charge >= 0.3 is 6.09 Å². The molecule has 0 aromatic carbocycles. The number of carbonyl (C=O) groups is 2. The number of hydrogen-bond donors (Lipinski definition) is 3. The van der Waals surface area contributed by atoms with E-state index in [-0.39, 0.29) is 24.2 Å². The SMILES string of the molecule is CSc1nc(C(=O)N[C@@H](C)CNC(=O)OC(C)(C)C)c(N)s1. The number of aromatic nitrogens is 1. The Labute approximate surface area is 138 Å². The van der Waals surface area contributed by atoms with Crippen molar-refractivity contribution in [3.63, 3.8) is 0 Å². The summed E-state index contributed by atoms with van der Waals surface area (Å²) < 4.78 is 5.86. The van der Waals surface area contributed by atoms with Crippen molar-refractivity contribution in [2.45, 2.75) is 43.7 Å². The number of anilines is 1. The summed E-state index contributed by atoms with van der Waals surface area (Å²) in [5.41, 5.74) is 5.44. The van der Waals surface area contributed by atoms with Crippen LogP contribution in [0.25, 0.3) is 0 Å². The third-order valence-corrected chi connectivity index (χ3v) is 4.22. The zero-order valence-electron chi connectivity index (χ0n) is 13.4. The normalized spacial score (nSPS) is 12.6. The highest BCUT2D eigenvalue weighted by atomic mass is 32.2. The van der Waals surface area contributed by atoms with Gasteiger partial charge < -0.3 is 21.1 Å². The first-order valence-electron chi connectivity index (χ1n) is 6.70. The molecule has 0 aliphatic carbocycles. The van der Waals surface area contributed by atoms with Gasteiger partial charge in [-0.25, -0.2) is 9.78 Å². The first-order chi connectivity index (χ1) is 10.1. The molecule has 0 unspecified atom stereocenters. The zero-order chi connectivity index (χ0) is 16.9. The number of nitrogens with zero attached hydrogens (tertiary/aromatic N) is 1. The Morgan fingerprint density at radius 3 is 2.59 bits per heavy atom. The van der Waals surface area contributed by atoms with Crippen LogP contribution in [0.5, 0.6) is 0 Å². The Balaban J connectivity index is 2.47. The fraction of sp³-hybridized carbons (Fsp3) is 0.615. The van der Waals surface area contributed by atoms with E-state index >= 15 is 0 Å². The van der Waals surface area contributed by atoms with E-state index in [4.69, 9.17) is 10.5 Å². The minimum absolute atomic E-state index is 0.221. The van der Waals surface area contributed by atoms with E-state index in [0.29, 0.717) is 5.00 Å². The fourth-order valence-electron chi connectivity index (χ4n) is 1.46. The van der Waals surface area contributed by atoms with Crippen LogP contribution in [0.4, 0.5) is 9.80 Å². The molecular weight excluding hydrogens is 324 g/mol. The van der Waals surface area contributed by atoms with Crippen LogP contribution in [0.3, 0.4) is 0 Å². The fourth-order valence-corrected chi connectivity index (χ4v) is 2.80. The van der Waals surface area contributed by atoms with Crippen molar-refractivity contribution in [2.24, 2.45) is 0 Å². The first-order valence-corrected chi connectivity index (χ1v) is 8.74. The number of thioether (sulfide) groups is 1. The predicted molar refractivity (Wildman–Crippen MR) is 89.5 cm³/mol. The van der Waals surface area contributed by atoms with Gasteiger partial charge in [0.05, 0.1) is 0 Å². The molecule has 7 nitrogen and oxygen atoms in total. The van der Waals surface area contributed by atoms with Crippen LogP contribution in [-0.4, -0.2) is 41.4 Å². The molecule has 1 atom stereocenters. The molecule has 0 bridgehead atoms. The number of alkyl carbamates (subject to hydrolysis) is 1. The molecular formula is C13H22N4O3S2. The summed E-state index contributed by atoms with van der Waals surface area (Å²) in [7, 11) is 0. The lowest BCUT2D eigenvalue weighted by Crippen LogP contribution is -2.43. The van der Waals surface area contributed by atoms with Crippen LogP contribution in [0.1, 0.15) is 38.2 Å². The number of rotatable bonds is 5. The highest BCUT2D eigenvalue weighted by Crippen LogP contribution is 2.27. The molecule has 1 heterocycles. The third kappa shape index (κ3) is 6.10. The molecule has 1 aromatic heterocycles. The number of ether oxygens (including phenoxy) is 1. The van der Waals surface area contributed by atoms with Crippen LogP contribution in [-0.2, 0) is 4.74 Å². The lowest BCUT2D eigenvalue weighted by Gasteiger charge is -2.21. The van der Waals surface area contributed by atoms with Crippen LogP contribution >= 0.6 is 23.1 Å². The number of nitrogens with two attached hydrogens (primary N) is 1. The molecule has 0 spiro atoms. The maximum atomic E-state index is 12.1. The molecule has 0 saturated heterocycles. The Morgan fingerprint density at radius 2 is 2.09 bits per heavy atom. The van der Waals surface area contributed by atoms with E-state index in [1.54, 1.807) is 27.7 Å². The summed E-state index contributed by atoms with van der Waals surface area (Å²) in [6.45, 7) is 7.37. The Bertz CT molecular complexity index is 540. The van der Waals surface area contributed by atoms with E-state index < -0.39 is 11.7 Å². The molecule has 9 heteroatoms. The van der Waals surface area contributed by atoms with E-state index in [2.05, 4.69) is 15.6 Å². The minimum atomic E-state index is -0.556. The monoisotopic (exact) mass is 346 g/mol. The highest BCUT2D eigenvalue weighted by molar-refractivity contribution is 8.00. The number of amides is 2. The quantitative estimate of drug-likeness (QED) is 0.705. The summed E-state index contributed by atoms with van der Waals surface area (Å²) >= 11 is 2.71. The van der Waals surface area contributed by atoms with Crippen molar-refractivity contribution in [3.05, 3.63) is 5.69 Å². The average molecular weight is 346 g/mol. The van der Waals surface area contributed by atoms with Gasteiger partial charge in [0.2, 0.25) is 0 Å². The molecule has 22 heavy (non-hydrogen) atoms. The molecule has 0 fully saturated rings. The second-order valence-electron chi connectivity index (χ2n) is 5.65. The molecule has 2 amide bonds. The van der Waals surface area contributed by atoms with Crippen LogP contribution < -0.4 is 16.4 Å². The Morgan fingerprint density at radius 1 is 1.45 bits per heavy atom. The molecule has 0 aliphatic rings. The van der Waals surface area contributed by atoms with Crippen molar-refractivity contribution in [2.75, 3.05) is 18.5 Å². The largest absolute Gasteiger partial charge is 0.444 e. The van der Waals surface area contributed by atoms with Crippen molar-refractivity contribution in [3.8, 4) is 0 Å². The second kappa shape index (κ2) is 7.68. The summed E-state index contributed by atoms with van der Waals surface area (Å²) in [4.78, 5) is 27.8. The zero-order valence-corrected chi connectivity index (χ0v) is 15.0. The summed E-state index contributed by atoms with van der Waals surface area (Å²) in [5, 5.41) is 5.72. The van der Waals surface area contributed by atoms with Gasteiger partial charge in [0.25, 0.3) is 5.91 Å². The van der Waals surface area contributed by atoms with Gasteiger partial charge in [0, 0.05) is 12.6 Å². The molecule has 124 valence electrons. The molecule has 0 saturated carbocycles. The number of nitrogen functional groups attached to an aromatic ring is 1. The van der Waals surface area contributed by atoms with E-state index in [0.717, 1.165) is 4.34 Å². The number of thiazole rings is 1. The summed E-state index contributed by atoms with van der Waals surface area (Å²) in [6, 6.07) is -0.279. The topological polar surface area (TPSA) is 106 Å². The smallest absolute Gasteiger partial charge is 0.407 e. The van der Waals surface area contributed by atoms with Crippen LogP contribution in [0.15, 0.2) is 4.34 Å². The number of hydrogen-bond acceptors (Lipinski definition) is 7. The maximum Gasteiger partial charge on any atom is 0.407 e. The van der Waals surface area contributed by atoms with Crippen molar-refractivity contribution in [1.82, 2.24) is 15.6 Å². The highest BCUT2D eigenvalue weighted by Gasteiger charge is 2.19. The Hall–Kier alpha value is -1.48. The van der Waals surface area contributed by atoms with Gasteiger partial charge in [0.15, 0.2) is 10.0 Å². The second-order valence-corrected chi connectivity index (χ2v) is 7.74. The van der Waals surface area contributed by atoms with Gasteiger partial charge in [-0.15, -0.1) is 0 Å². The van der Waals surface area contributed by atoms with Gasteiger partial charge in [-0.2, -0.15) is 0 Å². The first kappa shape index (κ1) is 18.6. The number of nitrogens with one attached hydrogen (secondary N) is 2. The molecule has 0 aliphatic heterocycles. The van der Waals surface area contributed by atoms with Gasteiger partial charge in [0.1, 0.15) is 10.6 Å². The summed E-state index contributed by atoms with van der Waals surface area (Å²) in [5.74, 6) is -0.354. The van der Waals surface area contributed by atoms with E-state index in [9.17, 15) is 9.59 Å². The average Bonchev–Trinajstić information content (AvgIpc) is 2.76. The van der Waals surface area contributed by atoms with Crippen LogP contribution in [0.2, 0.25) is 0 Å². The van der Waals surface area contributed by atoms with Gasteiger partial charge in [-0.3, -0.25) is 4.79 Å². The number of carbonyl (C=O) groups excluding carboxylic acids is 2. The lowest BCUT2D eigenvalue weighted by molar-refractivity contribution is 0.0521. The Kier molecular flexibility index (Phi) is 6.48. The van der Waals surface area contributed by atoms with Gasteiger partial charge in [-0.1, -0.05) is 23.1 Å². The molecule has 1 rings (SSSR count). The van der Waals surface area contributed by atoms with Crippen molar-refractivity contribution in [1.29, 1.82) is 0 Å². The minimum Gasteiger partial charge on any atom is -0.444 e.